The van der Waals surface area contributed by atoms with Crippen molar-refractivity contribution >= 4 is 34.5 Å². The van der Waals surface area contributed by atoms with Crippen LogP contribution in [0.4, 0.5) is 32.0 Å². The van der Waals surface area contributed by atoms with Gasteiger partial charge in [0, 0.05) is 28.4 Å². The summed E-state index contributed by atoms with van der Waals surface area (Å²) in [5.41, 5.74) is -3.95. The van der Waals surface area contributed by atoms with Gasteiger partial charge in [-0.1, -0.05) is 18.2 Å². The molecule has 0 unspecified atom stereocenters. The van der Waals surface area contributed by atoms with Gasteiger partial charge in [0.25, 0.3) is 5.91 Å². The fourth-order valence-corrected chi connectivity index (χ4v) is 3.20. The minimum Gasteiger partial charge on any atom is -0.480 e. The molecular weight excluding hydrogens is 468 g/mol. The van der Waals surface area contributed by atoms with Crippen LogP contribution in [-0.2, 0) is 28.5 Å². The number of aromatic nitrogens is 1. The number of halogens is 6. The molecule has 0 spiro atoms. The van der Waals surface area contributed by atoms with E-state index >= 15 is 0 Å². The van der Waals surface area contributed by atoms with Crippen LogP contribution in [0.25, 0.3) is 17.0 Å². The Morgan fingerprint density at radius 3 is 2.15 bits per heavy atom. The van der Waals surface area contributed by atoms with Gasteiger partial charge in [-0.3, -0.25) is 9.59 Å². The molecule has 3 rings (SSSR count). The summed E-state index contributed by atoms with van der Waals surface area (Å²) in [7, 11) is 0. The molecule has 34 heavy (non-hydrogen) atoms. The summed E-state index contributed by atoms with van der Waals surface area (Å²) in [4.78, 5) is 23.6. The minimum atomic E-state index is -5.11. The molecule has 0 aliphatic carbocycles. The highest BCUT2D eigenvalue weighted by Gasteiger charge is 2.37. The van der Waals surface area contributed by atoms with E-state index in [0.29, 0.717) is 23.0 Å². The lowest BCUT2D eigenvalue weighted by molar-refractivity contribution is -0.143. The molecule has 2 N–H and O–H groups in total. The van der Waals surface area contributed by atoms with Crippen LogP contribution in [-0.4, -0.2) is 21.6 Å². The predicted molar refractivity (Wildman–Crippen MR) is 108 cm³/mol. The summed E-state index contributed by atoms with van der Waals surface area (Å²) in [5, 5.41) is 20.8. The number of nitrogens with zero attached hydrogens (tertiary/aromatic N) is 2. The summed E-state index contributed by atoms with van der Waals surface area (Å²) in [6, 6.07) is 8.56. The average molecular weight is 481 g/mol. The number of alkyl halides is 6. The quantitative estimate of drug-likeness (QED) is 0.293. The van der Waals surface area contributed by atoms with Crippen LogP contribution >= 0.6 is 0 Å². The number of carbonyl (C=O) groups excluding carboxylic acids is 1. The number of nitrogens with one attached hydrogen (secondary N) is 1. The normalized spacial score (nSPS) is 12.4. The van der Waals surface area contributed by atoms with Gasteiger partial charge in [0.05, 0.1) is 11.1 Å². The Hall–Kier alpha value is -4.27. The minimum absolute atomic E-state index is 0.0893. The Balaban J connectivity index is 2.01. The second-order valence-corrected chi connectivity index (χ2v) is 7.04. The zero-order chi connectivity index (χ0) is 25.3. The Morgan fingerprint density at radius 1 is 1.03 bits per heavy atom. The second kappa shape index (κ2) is 8.93. The first-order chi connectivity index (χ1) is 15.8. The Labute approximate surface area is 187 Å². The average Bonchev–Trinajstić information content (AvgIpc) is 3.07. The van der Waals surface area contributed by atoms with Gasteiger partial charge in [0.15, 0.2) is 0 Å². The SMILES string of the molecule is N#C/C(=C\c1cn(CC(=O)O)c2ccccc12)C(=O)Nc1cc(C(F)(F)F)cc(C(F)(F)F)c1. The van der Waals surface area contributed by atoms with Crippen molar-refractivity contribution < 1.29 is 41.0 Å². The molecule has 0 atom stereocenters. The van der Waals surface area contributed by atoms with E-state index in [1.165, 1.54) is 10.8 Å². The van der Waals surface area contributed by atoms with E-state index in [-0.39, 0.29) is 11.6 Å². The number of nitriles is 1. The molecule has 0 aliphatic rings. The van der Waals surface area contributed by atoms with E-state index in [4.69, 9.17) is 5.11 Å². The van der Waals surface area contributed by atoms with Crippen molar-refractivity contribution in [2.75, 3.05) is 5.32 Å². The maximum Gasteiger partial charge on any atom is 0.416 e. The van der Waals surface area contributed by atoms with Crippen molar-refractivity contribution in [1.29, 1.82) is 5.26 Å². The number of hydrogen-bond acceptors (Lipinski definition) is 3. The van der Waals surface area contributed by atoms with E-state index in [2.05, 4.69) is 0 Å². The number of para-hydroxylation sites is 1. The lowest BCUT2D eigenvalue weighted by Gasteiger charge is -2.14. The number of aliphatic carboxylic acids is 1. The maximum absolute atomic E-state index is 13.0. The van der Waals surface area contributed by atoms with Crippen LogP contribution in [0.1, 0.15) is 16.7 Å². The number of anilines is 1. The van der Waals surface area contributed by atoms with Crippen molar-refractivity contribution in [2.24, 2.45) is 0 Å². The van der Waals surface area contributed by atoms with Gasteiger partial charge in [-0.2, -0.15) is 31.6 Å². The van der Waals surface area contributed by atoms with Crippen molar-refractivity contribution in [3.05, 3.63) is 70.9 Å². The highest BCUT2D eigenvalue weighted by molar-refractivity contribution is 6.10. The first-order valence-corrected chi connectivity index (χ1v) is 9.32. The van der Waals surface area contributed by atoms with Gasteiger partial charge in [-0.05, 0) is 30.3 Å². The molecule has 0 aliphatic heterocycles. The zero-order valence-electron chi connectivity index (χ0n) is 16.8. The summed E-state index contributed by atoms with van der Waals surface area (Å²) < 4.78 is 79.6. The van der Waals surface area contributed by atoms with Gasteiger partial charge in [-0.25, -0.2) is 0 Å². The van der Waals surface area contributed by atoms with Crippen LogP contribution in [0.15, 0.2) is 54.2 Å². The first-order valence-electron chi connectivity index (χ1n) is 9.32. The highest BCUT2D eigenvalue weighted by Crippen LogP contribution is 2.37. The van der Waals surface area contributed by atoms with Crippen LogP contribution < -0.4 is 5.32 Å². The van der Waals surface area contributed by atoms with Crippen LogP contribution in [0.2, 0.25) is 0 Å². The first kappa shape index (κ1) is 24.4. The maximum atomic E-state index is 13.0. The number of hydrogen-bond donors (Lipinski definition) is 2. The van der Waals surface area contributed by atoms with E-state index in [1.807, 2.05) is 5.32 Å². The van der Waals surface area contributed by atoms with Crippen molar-refractivity contribution in [2.45, 2.75) is 18.9 Å². The number of carboxylic acids is 1. The molecule has 0 saturated carbocycles. The van der Waals surface area contributed by atoms with Gasteiger partial charge >= 0.3 is 18.3 Å². The third-order valence-electron chi connectivity index (χ3n) is 4.64. The highest BCUT2D eigenvalue weighted by atomic mass is 19.4. The summed E-state index contributed by atoms with van der Waals surface area (Å²) >= 11 is 0. The molecule has 1 amide bonds. The molecule has 2 aromatic carbocycles. The van der Waals surface area contributed by atoms with Crippen LogP contribution in [0.5, 0.6) is 0 Å². The Bertz CT molecular complexity index is 1310. The Morgan fingerprint density at radius 2 is 1.62 bits per heavy atom. The third kappa shape index (κ3) is 5.37. The smallest absolute Gasteiger partial charge is 0.416 e. The number of fused-ring (bicyclic) bond motifs is 1. The Kier molecular flexibility index (Phi) is 6.40. The van der Waals surface area contributed by atoms with E-state index in [0.717, 1.165) is 6.08 Å². The molecule has 6 nitrogen and oxygen atoms in total. The summed E-state index contributed by atoms with van der Waals surface area (Å²) in [5.74, 6) is -2.40. The van der Waals surface area contributed by atoms with Gasteiger partial charge in [0.2, 0.25) is 0 Å². The van der Waals surface area contributed by atoms with E-state index in [9.17, 15) is 41.2 Å². The molecular formula is C22H13F6N3O3. The molecule has 0 saturated heterocycles. The van der Waals surface area contributed by atoms with Gasteiger partial charge in [-0.15, -0.1) is 0 Å². The van der Waals surface area contributed by atoms with Crippen molar-refractivity contribution in [3.8, 4) is 6.07 Å². The molecule has 1 aromatic heterocycles. The number of amides is 1. The number of carbonyl (C=O) groups is 2. The number of carboxylic acid groups (broad SMARTS) is 1. The van der Waals surface area contributed by atoms with Crippen molar-refractivity contribution in [3.63, 3.8) is 0 Å². The van der Waals surface area contributed by atoms with Gasteiger partial charge in [0.1, 0.15) is 18.2 Å². The largest absolute Gasteiger partial charge is 0.480 e. The van der Waals surface area contributed by atoms with Gasteiger partial charge < -0.3 is 15.0 Å². The van der Waals surface area contributed by atoms with Crippen molar-refractivity contribution in [1.82, 2.24) is 4.57 Å². The third-order valence-corrected chi connectivity index (χ3v) is 4.64. The molecule has 176 valence electrons. The second-order valence-electron chi connectivity index (χ2n) is 7.04. The predicted octanol–water partition coefficient (Wildman–Crippen LogP) is 5.31. The summed E-state index contributed by atoms with van der Waals surface area (Å²) in [6.07, 6.45) is -7.80. The molecule has 3 aromatic rings. The van der Waals surface area contributed by atoms with Crippen LogP contribution in [0, 0.1) is 11.3 Å². The molecule has 0 fully saturated rings. The number of rotatable bonds is 5. The van der Waals surface area contributed by atoms with E-state index < -0.39 is 53.2 Å². The topological polar surface area (TPSA) is 95.1 Å². The zero-order valence-corrected chi connectivity index (χ0v) is 16.8. The monoisotopic (exact) mass is 481 g/mol. The fourth-order valence-electron chi connectivity index (χ4n) is 3.20. The number of benzene rings is 2. The standard InChI is InChI=1S/C22H13F6N3O3/c23-21(24,25)14-6-15(22(26,27)28)8-16(7-14)30-20(34)12(9-29)5-13-10-31(11-19(32)33)18-4-2-1-3-17(13)18/h1-8,10H,11H2,(H,30,34)(H,32,33)/b12-5+. The molecule has 12 heteroatoms. The molecule has 0 bridgehead atoms. The molecule has 1 heterocycles. The van der Waals surface area contributed by atoms with E-state index in [1.54, 1.807) is 30.3 Å². The summed E-state index contributed by atoms with van der Waals surface area (Å²) in [6.45, 7) is -0.424. The fraction of sp³-hybridized carbons (Fsp3) is 0.136. The lowest BCUT2D eigenvalue weighted by atomic mass is 10.1. The lowest BCUT2D eigenvalue weighted by Crippen LogP contribution is -2.16. The van der Waals surface area contributed by atoms with Crippen LogP contribution in [0.3, 0.4) is 0 Å². The molecule has 0 radical (unpaired) electrons.